The van der Waals surface area contributed by atoms with Gasteiger partial charge in [-0.3, -0.25) is 4.79 Å². The molecule has 0 radical (unpaired) electrons. The van der Waals surface area contributed by atoms with Gasteiger partial charge in [0.25, 0.3) is 5.91 Å². The van der Waals surface area contributed by atoms with Gasteiger partial charge in [0.15, 0.2) is 5.82 Å². The van der Waals surface area contributed by atoms with Crippen LogP contribution in [0.15, 0.2) is 60.7 Å². The smallest absolute Gasteiger partial charge is 0.251 e. The highest BCUT2D eigenvalue weighted by atomic mass is 19.1. The Morgan fingerprint density at radius 3 is 2.33 bits per heavy atom. The molecule has 3 aromatic rings. The average molecular weight is 404 g/mol. The fraction of sp³-hybridized carbons (Fsp3) is 0.292. The molecule has 30 heavy (non-hydrogen) atoms. The molecule has 154 valence electrons. The lowest BCUT2D eigenvalue weighted by molar-refractivity contribution is 0.0933. The van der Waals surface area contributed by atoms with Crippen LogP contribution in [0.4, 0.5) is 15.9 Å². The van der Waals surface area contributed by atoms with Crippen LogP contribution in [-0.4, -0.2) is 22.1 Å². The van der Waals surface area contributed by atoms with Crippen LogP contribution in [-0.2, 0) is 0 Å². The molecule has 4 rings (SSSR count). The van der Waals surface area contributed by atoms with E-state index in [0.29, 0.717) is 22.6 Å². The predicted octanol–water partition coefficient (Wildman–Crippen LogP) is 5.48. The summed E-state index contributed by atoms with van der Waals surface area (Å²) in [6.07, 6.45) is 7.03. The van der Waals surface area contributed by atoms with Crippen molar-refractivity contribution in [3.63, 3.8) is 0 Å². The van der Waals surface area contributed by atoms with Gasteiger partial charge in [-0.1, -0.05) is 37.8 Å². The first kappa shape index (κ1) is 20.0. The third-order valence-corrected chi connectivity index (χ3v) is 5.39. The first-order valence-corrected chi connectivity index (χ1v) is 10.4. The summed E-state index contributed by atoms with van der Waals surface area (Å²) in [5.74, 6) is 0.248. The zero-order valence-corrected chi connectivity index (χ0v) is 16.8. The van der Waals surface area contributed by atoms with Crippen LogP contribution in [0.2, 0.25) is 0 Å². The van der Waals surface area contributed by atoms with Crippen molar-refractivity contribution in [2.75, 3.05) is 5.32 Å². The molecule has 0 unspecified atom stereocenters. The SMILES string of the molecule is O=C(NC1CCCCCC1)c1ccc(Nc2ccc(-c3cccc(F)c3)nn2)cc1. The Kier molecular flexibility index (Phi) is 6.32. The lowest BCUT2D eigenvalue weighted by Crippen LogP contribution is -2.34. The number of nitrogens with one attached hydrogen (secondary N) is 2. The highest BCUT2D eigenvalue weighted by Crippen LogP contribution is 2.21. The van der Waals surface area contributed by atoms with E-state index >= 15 is 0 Å². The Labute approximate surface area is 175 Å². The van der Waals surface area contributed by atoms with Crippen molar-refractivity contribution >= 4 is 17.4 Å². The monoisotopic (exact) mass is 404 g/mol. The summed E-state index contributed by atoms with van der Waals surface area (Å²) in [5, 5.41) is 14.7. The number of hydrogen-bond donors (Lipinski definition) is 2. The summed E-state index contributed by atoms with van der Waals surface area (Å²) in [6, 6.07) is 17.4. The maximum absolute atomic E-state index is 13.4. The van der Waals surface area contributed by atoms with Gasteiger partial charge in [-0.25, -0.2) is 4.39 Å². The molecule has 5 nitrogen and oxygen atoms in total. The summed E-state index contributed by atoms with van der Waals surface area (Å²) < 4.78 is 13.4. The van der Waals surface area contributed by atoms with Crippen LogP contribution < -0.4 is 10.6 Å². The molecule has 1 fully saturated rings. The van der Waals surface area contributed by atoms with Gasteiger partial charge >= 0.3 is 0 Å². The Balaban J connectivity index is 1.36. The molecule has 1 aromatic heterocycles. The topological polar surface area (TPSA) is 66.9 Å². The second-order valence-corrected chi connectivity index (χ2v) is 7.68. The van der Waals surface area contributed by atoms with Crippen LogP contribution in [0.25, 0.3) is 11.3 Å². The van der Waals surface area contributed by atoms with Crippen LogP contribution in [0.5, 0.6) is 0 Å². The summed E-state index contributed by atoms with van der Waals surface area (Å²) in [7, 11) is 0. The number of aromatic nitrogens is 2. The lowest BCUT2D eigenvalue weighted by Gasteiger charge is -2.16. The van der Waals surface area contributed by atoms with Crippen molar-refractivity contribution in [2.45, 2.75) is 44.6 Å². The molecular formula is C24H25FN4O. The molecule has 0 aliphatic heterocycles. The van der Waals surface area contributed by atoms with E-state index in [1.807, 2.05) is 24.3 Å². The molecule has 0 bridgehead atoms. The molecule has 6 heteroatoms. The average Bonchev–Trinajstić information content (AvgIpc) is 3.03. The number of hydrogen-bond acceptors (Lipinski definition) is 4. The van der Waals surface area contributed by atoms with Gasteiger partial charge in [-0.15, -0.1) is 10.2 Å². The first-order chi connectivity index (χ1) is 14.7. The van der Waals surface area contributed by atoms with Crippen LogP contribution in [0, 0.1) is 5.82 Å². The fourth-order valence-electron chi connectivity index (χ4n) is 3.75. The summed E-state index contributed by atoms with van der Waals surface area (Å²) in [4.78, 5) is 12.5. The van der Waals surface area contributed by atoms with E-state index in [-0.39, 0.29) is 17.8 Å². The van der Waals surface area contributed by atoms with Crippen LogP contribution in [0.1, 0.15) is 48.9 Å². The van der Waals surface area contributed by atoms with E-state index < -0.39 is 0 Å². The molecular weight excluding hydrogens is 379 g/mol. The number of anilines is 2. The predicted molar refractivity (Wildman–Crippen MR) is 116 cm³/mol. The molecule has 2 aromatic carbocycles. The molecule has 1 aliphatic carbocycles. The Hall–Kier alpha value is -3.28. The Bertz CT molecular complexity index is 981. The maximum Gasteiger partial charge on any atom is 0.251 e. The number of benzene rings is 2. The number of halogens is 1. The van der Waals surface area contributed by atoms with Gasteiger partial charge in [-0.05, 0) is 61.4 Å². The third-order valence-electron chi connectivity index (χ3n) is 5.39. The molecule has 1 aliphatic rings. The largest absolute Gasteiger partial charge is 0.349 e. The van der Waals surface area contributed by atoms with Crippen molar-refractivity contribution in [3.8, 4) is 11.3 Å². The standard InChI is InChI=1S/C24H25FN4O/c25-19-7-5-6-18(16-19)22-14-15-23(29-28-22)26-21-12-10-17(11-13-21)24(30)27-20-8-3-1-2-4-9-20/h5-7,10-16,20H,1-4,8-9H2,(H,26,29)(H,27,30). The van der Waals surface area contributed by atoms with Crippen molar-refractivity contribution < 1.29 is 9.18 Å². The molecule has 0 atom stereocenters. The molecule has 1 saturated carbocycles. The van der Waals surface area contributed by atoms with Crippen molar-refractivity contribution in [3.05, 3.63) is 72.0 Å². The van der Waals surface area contributed by atoms with E-state index in [4.69, 9.17) is 0 Å². The molecule has 2 N–H and O–H groups in total. The van der Waals surface area contributed by atoms with Gasteiger partial charge in [-0.2, -0.15) is 0 Å². The van der Waals surface area contributed by atoms with Gasteiger partial charge in [0.1, 0.15) is 5.82 Å². The van der Waals surface area contributed by atoms with Crippen molar-refractivity contribution in [1.29, 1.82) is 0 Å². The van der Waals surface area contributed by atoms with Crippen molar-refractivity contribution in [1.82, 2.24) is 15.5 Å². The third kappa shape index (κ3) is 5.20. The minimum Gasteiger partial charge on any atom is -0.349 e. The Morgan fingerprint density at radius 1 is 0.900 bits per heavy atom. The first-order valence-electron chi connectivity index (χ1n) is 10.4. The maximum atomic E-state index is 13.4. The second-order valence-electron chi connectivity index (χ2n) is 7.68. The number of carbonyl (C=O) groups is 1. The molecule has 1 amide bonds. The van der Waals surface area contributed by atoms with E-state index in [9.17, 15) is 9.18 Å². The highest BCUT2D eigenvalue weighted by molar-refractivity contribution is 5.94. The molecule has 0 spiro atoms. The number of rotatable bonds is 5. The van der Waals surface area contributed by atoms with E-state index in [1.54, 1.807) is 24.3 Å². The molecule has 1 heterocycles. The van der Waals surface area contributed by atoms with Gasteiger partial charge in [0, 0.05) is 22.9 Å². The number of nitrogens with zero attached hydrogens (tertiary/aromatic N) is 2. The van der Waals surface area contributed by atoms with Gasteiger partial charge in [0.05, 0.1) is 5.69 Å². The zero-order valence-electron chi connectivity index (χ0n) is 16.8. The number of carbonyl (C=O) groups excluding carboxylic acids is 1. The second kappa shape index (κ2) is 9.48. The summed E-state index contributed by atoms with van der Waals surface area (Å²) >= 11 is 0. The van der Waals surface area contributed by atoms with Crippen LogP contribution >= 0.6 is 0 Å². The normalized spacial score (nSPS) is 14.7. The van der Waals surface area contributed by atoms with E-state index in [1.165, 1.54) is 37.8 Å². The lowest BCUT2D eigenvalue weighted by atomic mass is 10.1. The summed E-state index contributed by atoms with van der Waals surface area (Å²) in [5.41, 5.74) is 2.75. The minimum atomic E-state index is -0.306. The van der Waals surface area contributed by atoms with E-state index in [0.717, 1.165) is 18.5 Å². The quantitative estimate of drug-likeness (QED) is 0.553. The molecule has 0 saturated heterocycles. The number of amides is 1. The van der Waals surface area contributed by atoms with Gasteiger partial charge in [0.2, 0.25) is 0 Å². The fourth-order valence-corrected chi connectivity index (χ4v) is 3.75. The van der Waals surface area contributed by atoms with Crippen molar-refractivity contribution in [2.24, 2.45) is 0 Å². The summed E-state index contributed by atoms with van der Waals surface area (Å²) in [6.45, 7) is 0. The van der Waals surface area contributed by atoms with E-state index in [2.05, 4.69) is 20.8 Å². The van der Waals surface area contributed by atoms with Crippen LogP contribution in [0.3, 0.4) is 0 Å². The Morgan fingerprint density at radius 2 is 1.67 bits per heavy atom. The zero-order chi connectivity index (χ0) is 20.8. The highest BCUT2D eigenvalue weighted by Gasteiger charge is 2.15. The van der Waals surface area contributed by atoms with Gasteiger partial charge < -0.3 is 10.6 Å². The minimum absolute atomic E-state index is 0.0207.